The molecule has 0 amide bonds. The lowest BCUT2D eigenvalue weighted by atomic mass is 9.97. The molecular formula is C7H11NO3S. The number of nitriles is 1. The fourth-order valence-corrected chi connectivity index (χ4v) is 2.98. The van der Waals surface area contributed by atoms with Gasteiger partial charge in [-0.05, 0) is 12.3 Å². The highest BCUT2D eigenvalue weighted by molar-refractivity contribution is 7.91. The highest BCUT2D eigenvalue weighted by Gasteiger charge is 2.31. The third-order valence-electron chi connectivity index (χ3n) is 2.12. The van der Waals surface area contributed by atoms with Crippen LogP contribution in [0.25, 0.3) is 0 Å². The maximum atomic E-state index is 11.0. The average Bonchev–Trinajstić information content (AvgIpc) is 1.94. The number of rotatable bonds is 1. The van der Waals surface area contributed by atoms with Crippen molar-refractivity contribution in [1.29, 1.82) is 5.26 Å². The molecule has 0 spiro atoms. The lowest BCUT2D eigenvalue weighted by Gasteiger charge is -2.25. The molecule has 68 valence electrons. The summed E-state index contributed by atoms with van der Waals surface area (Å²) in [6.07, 6.45) is -0.184. The minimum Gasteiger partial charge on any atom is -0.392 e. The van der Waals surface area contributed by atoms with Gasteiger partial charge in [-0.2, -0.15) is 5.26 Å². The van der Waals surface area contributed by atoms with Crippen molar-refractivity contribution in [3.8, 4) is 6.07 Å². The largest absolute Gasteiger partial charge is 0.392 e. The van der Waals surface area contributed by atoms with Crippen molar-refractivity contribution in [3.05, 3.63) is 0 Å². The van der Waals surface area contributed by atoms with E-state index in [0.29, 0.717) is 6.42 Å². The van der Waals surface area contributed by atoms with Crippen molar-refractivity contribution in [2.75, 3.05) is 11.5 Å². The second-order valence-corrected chi connectivity index (χ2v) is 5.32. The molecule has 1 aliphatic heterocycles. The molecule has 0 saturated carbocycles. The number of sulfone groups is 1. The summed E-state index contributed by atoms with van der Waals surface area (Å²) in [5, 5.41) is 17.7. The van der Waals surface area contributed by atoms with Gasteiger partial charge in [0.05, 0.1) is 23.7 Å². The molecule has 0 aromatic carbocycles. The summed E-state index contributed by atoms with van der Waals surface area (Å²) >= 11 is 0. The van der Waals surface area contributed by atoms with Crippen molar-refractivity contribution in [3.63, 3.8) is 0 Å². The Bertz CT molecular complexity index is 290. The molecule has 1 saturated heterocycles. The van der Waals surface area contributed by atoms with E-state index in [1.165, 1.54) is 0 Å². The van der Waals surface area contributed by atoms with Crippen LogP contribution in [0.1, 0.15) is 12.8 Å². The van der Waals surface area contributed by atoms with Crippen LogP contribution >= 0.6 is 0 Å². The van der Waals surface area contributed by atoms with Crippen molar-refractivity contribution in [2.45, 2.75) is 18.9 Å². The zero-order valence-electron chi connectivity index (χ0n) is 6.60. The maximum Gasteiger partial charge on any atom is 0.152 e. The Kier molecular flexibility index (Phi) is 2.70. The lowest BCUT2D eigenvalue weighted by Crippen LogP contribution is -2.36. The predicted octanol–water partition coefficient (Wildman–Crippen LogP) is -0.304. The minimum absolute atomic E-state index is 0.108. The van der Waals surface area contributed by atoms with Crippen LogP contribution in [0.4, 0.5) is 0 Å². The topological polar surface area (TPSA) is 78.2 Å². The Morgan fingerprint density at radius 3 is 2.75 bits per heavy atom. The van der Waals surface area contributed by atoms with Crippen LogP contribution in [-0.2, 0) is 9.84 Å². The third-order valence-corrected chi connectivity index (χ3v) is 3.83. The summed E-state index contributed by atoms with van der Waals surface area (Å²) in [4.78, 5) is 0. The molecule has 0 aromatic rings. The van der Waals surface area contributed by atoms with E-state index < -0.39 is 15.9 Å². The average molecular weight is 189 g/mol. The molecule has 5 heteroatoms. The molecule has 12 heavy (non-hydrogen) atoms. The number of hydrogen-bond acceptors (Lipinski definition) is 4. The molecule has 1 aliphatic rings. The molecule has 2 atom stereocenters. The Hall–Kier alpha value is -0.600. The zero-order chi connectivity index (χ0) is 9.19. The standard InChI is InChI=1S/C7H11NO3S/c8-3-1-6-2-4-12(10,11)5-7(6)9/h6-7,9H,1-2,4-5H2/t6-,7+/m0/s1. The van der Waals surface area contributed by atoms with Gasteiger partial charge in [0.1, 0.15) is 0 Å². The molecule has 1 rings (SSSR count). The van der Waals surface area contributed by atoms with E-state index in [1.807, 2.05) is 6.07 Å². The van der Waals surface area contributed by atoms with Crippen LogP contribution in [0.15, 0.2) is 0 Å². The van der Waals surface area contributed by atoms with Crippen molar-refractivity contribution in [1.82, 2.24) is 0 Å². The molecule has 0 aliphatic carbocycles. The van der Waals surface area contributed by atoms with Gasteiger partial charge in [-0.15, -0.1) is 0 Å². The first-order valence-corrected chi connectivity index (χ1v) is 5.63. The first-order chi connectivity index (χ1) is 5.55. The minimum atomic E-state index is -3.04. The monoisotopic (exact) mass is 189 g/mol. The van der Waals surface area contributed by atoms with Crippen molar-refractivity contribution < 1.29 is 13.5 Å². The Morgan fingerprint density at radius 1 is 1.58 bits per heavy atom. The molecule has 1 heterocycles. The number of nitrogens with zero attached hydrogens (tertiary/aromatic N) is 1. The van der Waals surface area contributed by atoms with Crippen LogP contribution in [0.5, 0.6) is 0 Å². The fraction of sp³-hybridized carbons (Fsp3) is 0.857. The zero-order valence-corrected chi connectivity index (χ0v) is 7.42. The second kappa shape index (κ2) is 3.42. The molecule has 0 aromatic heterocycles. The first kappa shape index (κ1) is 9.49. The normalized spacial score (nSPS) is 34.0. The predicted molar refractivity (Wildman–Crippen MR) is 43.0 cm³/mol. The molecule has 1 fully saturated rings. The van der Waals surface area contributed by atoms with Crippen LogP contribution in [0, 0.1) is 17.2 Å². The summed E-state index contributed by atoms with van der Waals surface area (Å²) in [5.74, 6) is -0.228. The summed E-state index contributed by atoms with van der Waals surface area (Å²) in [6.45, 7) is 0. The van der Waals surface area contributed by atoms with E-state index in [0.717, 1.165) is 0 Å². The van der Waals surface area contributed by atoms with Gasteiger partial charge in [0.25, 0.3) is 0 Å². The molecule has 4 nitrogen and oxygen atoms in total. The summed E-state index contributed by atoms with van der Waals surface area (Å²) in [6, 6.07) is 1.94. The van der Waals surface area contributed by atoms with Crippen LogP contribution < -0.4 is 0 Å². The van der Waals surface area contributed by atoms with Crippen LogP contribution in [-0.4, -0.2) is 31.1 Å². The van der Waals surface area contributed by atoms with Gasteiger partial charge in [-0.25, -0.2) is 8.42 Å². The van der Waals surface area contributed by atoms with Gasteiger partial charge in [-0.1, -0.05) is 0 Å². The maximum absolute atomic E-state index is 11.0. The van der Waals surface area contributed by atoms with E-state index in [2.05, 4.69) is 0 Å². The summed E-state index contributed by atoms with van der Waals surface area (Å²) in [7, 11) is -3.04. The van der Waals surface area contributed by atoms with Gasteiger partial charge >= 0.3 is 0 Å². The van der Waals surface area contributed by atoms with E-state index in [1.54, 1.807) is 0 Å². The quantitative estimate of drug-likeness (QED) is 0.614. The SMILES string of the molecule is N#CC[C@H]1CCS(=O)(=O)C[C@H]1O. The Labute approximate surface area is 71.7 Å². The summed E-state index contributed by atoms with van der Waals surface area (Å²) in [5.41, 5.74) is 0. The van der Waals surface area contributed by atoms with E-state index >= 15 is 0 Å². The number of hydrogen-bond donors (Lipinski definition) is 1. The van der Waals surface area contributed by atoms with E-state index in [-0.39, 0.29) is 23.8 Å². The lowest BCUT2D eigenvalue weighted by molar-refractivity contribution is 0.123. The Balaban J connectivity index is 2.61. The third kappa shape index (κ3) is 2.19. The molecular weight excluding hydrogens is 178 g/mol. The van der Waals surface area contributed by atoms with Gasteiger partial charge in [-0.3, -0.25) is 0 Å². The van der Waals surface area contributed by atoms with Crippen LogP contribution in [0.2, 0.25) is 0 Å². The molecule has 1 N–H and O–H groups in total. The summed E-state index contributed by atoms with van der Waals surface area (Å²) < 4.78 is 21.9. The Morgan fingerprint density at radius 2 is 2.25 bits per heavy atom. The van der Waals surface area contributed by atoms with Gasteiger partial charge in [0.2, 0.25) is 0 Å². The van der Waals surface area contributed by atoms with E-state index in [9.17, 15) is 13.5 Å². The number of aliphatic hydroxyl groups is 1. The van der Waals surface area contributed by atoms with Gasteiger partial charge in [0.15, 0.2) is 9.84 Å². The molecule has 0 bridgehead atoms. The molecule has 0 radical (unpaired) electrons. The fourth-order valence-electron chi connectivity index (χ4n) is 1.36. The first-order valence-electron chi connectivity index (χ1n) is 3.80. The second-order valence-electron chi connectivity index (χ2n) is 3.09. The molecule has 0 unspecified atom stereocenters. The van der Waals surface area contributed by atoms with Crippen molar-refractivity contribution in [2.24, 2.45) is 5.92 Å². The smallest absolute Gasteiger partial charge is 0.152 e. The van der Waals surface area contributed by atoms with E-state index in [4.69, 9.17) is 5.26 Å². The van der Waals surface area contributed by atoms with Gasteiger partial charge < -0.3 is 5.11 Å². The van der Waals surface area contributed by atoms with Gasteiger partial charge in [0, 0.05) is 6.42 Å². The highest BCUT2D eigenvalue weighted by atomic mass is 32.2. The highest BCUT2D eigenvalue weighted by Crippen LogP contribution is 2.21. The number of aliphatic hydroxyl groups excluding tert-OH is 1. The van der Waals surface area contributed by atoms with Crippen LogP contribution in [0.3, 0.4) is 0 Å². The van der Waals surface area contributed by atoms with Crippen molar-refractivity contribution >= 4 is 9.84 Å².